The highest BCUT2D eigenvalue weighted by molar-refractivity contribution is 6.30. The van der Waals surface area contributed by atoms with Gasteiger partial charge in [0.2, 0.25) is 11.9 Å². The van der Waals surface area contributed by atoms with Gasteiger partial charge in [-0.25, -0.2) is 0 Å². The Bertz CT molecular complexity index is 1270. The number of amides is 1. The van der Waals surface area contributed by atoms with Crippen molar-refractivity contribution < 1.29 is 32.2 Å². The van der Waals surface area contributed by atoms with Gasteiger partial charge in [-0.15, -0.1) is 0 Å². The zero-order valence-corrected chi connectivity index (χ0v) is 22.1. The molecular formula is C25H27ClF3N7O4. The number of aromatic nitrogens is 3. The second-order valence-corrected chi connectivity index (χ2v) is 8.90. The molecule has 0 unspecified atom stereocenters. The van der Waals surface area contributed by atoms with Gasteiger partial charge in [0.05, 0.1) is 12.6 Å². The SMILES string of the molecule is COC=O.NCCNC(=O)c1ccc(Nc2nc(NC3(c4ccc(Cl)cc4)CC3)nc(OCC(F)(F)F)n2)cc1. The minimum Gasteiger partial charge on any atom is -0.471 e. The van der Waals surface area contributed by atoms with E-state index in [2.05, 4.69) is 35.6 Å². The van der Waals surface area contributed by atoms with Crippen LogP contribution in [0.2, 0.25) is 5.02 Å². The molecule has 1 fully saturated rings. The van der Waals surface area contributed by atoms with E-state index < -0.39 is 24.3 Å². The maximum atomic E-state index is 12.7. The van der Waals surface area contributed by atoms with Gasteiger partial charge in [0.15, 0.2) is 6.61 Å². The van der Waals surface area contributed by atoms with Crippen LogP contribution in [-0.4, -0.2) is 60.3 Å². The number of benzene rings is 2. The number of hydrogen-bond donors (Lipinski definition) is 4. The molecule has 15 heteroatoms. The Hall–Kier alpha value is -4.17. The van der Waals surface area contributed by atoms with Crippen LogP contribution in [-0.2, 0) is 15.1 Å². The van der Waals surface area contributed by atoms with Crippen molar-refractivity contribution in [3.05, 3.63) is 64.7 Å². The normalized spacial score (nSPS) is 13.2. The number of halogens is 4. The third-order valence-corrected chi connectivity index (χ3v) is 5.66. The minimum atomic E-state index is -4.56. The number of methoxy groups -OCH3 is 1. The van der Waals surface area contributed by atoms with Crippen LogP contribution in [0.4, 0.5) is 30.8 Å². The van der Waals surface area contributed by atoms with Crippen LogP contribution in [0.15, 0.2) is 48.5 Å². The molecule has 3 aromatic rings. The number of ether oxygens (including phenoxy) is 2. The van der Waals surface area contributed by atoms with Crippen molar-refractivity contribution in [2.75, 3.05) is 37.4 Å². The Balaban J connectivity index is 0.00000103. The summed E-state index contributed by atoms with van der Waals surface area (Å²) < 4.78 is 46.8. The van der Waals surface area contributed by atoms with E-state index in [1.807, 2.05) is 12.1 Å². The monoisotopic (exact) mass is 581 g/mol. The Morgan fingerprint density at radius 3 is 2.25 bits per heavy atom. The fourth-order valence-corrected chi connectivity index (χ4v) is 3.52. The molecule has 4 rings (SSSR count). The van der Waals surface area contributed by atoms with Gasteiger partial charge >= 0.3 is 12.2 Å². The number of anilines is 3. The third kappa shape index (κ3) is 9.24. The first kappa shape index (κ1) is 30.4. The summed E-state index contributed by atoms with van der Waals surface area (Å²) in [6, 6.07) is 13.2. The third-order valence-electron chi connectivity index (χ3n) is 5.41. The molecule has 1 heterocycles. The average molecular weight is 582 g/mol. The number of carbonyl (C=O) groups is 2. The van der Waals surface area contributed by atoms with Crippen LogP contribution < -0.4 is 26.4 Å². The Morgan fingerprint density at radius 1 is 1.07 bits per heavy atom. The highest BCUT2D eigenvalue weighted by atomic mass is 35.5. The van der Waals surface area contributed by atoms with Gasteiger partial charge in [-0.1, -0.05) is 23.7 Å². The lowest BCUT2D eigenvalue weighted by Crippen LogP contribution is -2.28. The Kier molecular flexibility index (Phi) is 10.4. The molecule has 1 amide bonds. The zero-order valence-electron chi connectivity index (χ0n) is 21.3. The first-order valence-electron chi connectivity index (χ1n) is 11.9. The molecule has 5 N–H and O–H groups in total. The second-order valence-electron chi connectivity index (χ2n) is 8.46. The van der Waals surface area contributed by atoms with Crippen LogP contribution in [0.5, 0.6) is 6.01 Å². The van der Waals surface area contributed by atoms with E-state index in [0.717, 1.165) is 18.4 Å². The van der Waals surface area contributed by atoms with Gasteiger partial charge in [0.1, 0.15) is 0 Å². The summed E-state index contributed by atoms with van der Waals surface area (Å²) in [4.78, 5) is 33.3. The summed E-state index contributed by atoms with van der Waals surface area (Å²) in [5.41, 5.74) is 6.79. The molecule has 40 heavy (non-hydrogen) atoms. The smallest absolute Gasteiger partial charge is 0.422 e. The van der Waals surface area contributed by atoms with Crippen molar-refractivity contribution >= 4 is 41.6 Å². The summed E-state index contributed by atoms with van der Waals surface area (Å²) in [5, 5.41) is 9.37. The van der Waals surface area contributed by atoms with E-state index in [0.29, 0.717) is 35.8 Å². The van der Waals surface area contributed by atoms with E-state index in [1.165, 1.54) is 7.11 Å². The van der Waals surface area contributed by atoms with Crippen molar-refractivity contribution in [2.24, 2.45) is 5.73 Å². The summed E-state index contributed by atoms with van der Waals surface area (Å²) in [5.74, 6) is -0.259. The fourth-order valence-electron chi connectivity index (χ4n) is 3.39. The van der Waals surface area contributed by atoms with Crippen molar-refractivity contribution in [3.8, 4) is 6.01 Å². The predicted molar refractivity (Wildman–Crippen MR) is 142 cm³/mol. The molecule has 11 nitrogen and oxygen atoms in total. The van der Waals surface area contributed by atoms with Crippen molar-refractivity contribution in [2.45, 2.75) is 24.6 Å². The first-order chi connectivity index (χ1) is 19.1. The van der Waals surface area contributed by atoms with Crippen LogP contribution in [0.3, 0.4) is 0 Å². The largest absolute Gasteiger partial charge is 0.471 e. The molecule has 0 radical (unpaired) electrons. The van der Waals surface area contributed by atoms with Crippen LogP contribution in [0, 0.1) is 0 Å². The van der Waals surface area contributed by atoms with E-state index in [-0.39, 0.29) is 17.8 Å². The quantitative estimate of drug-likeness (QED) is 0.246. The summed E-state index contributed by atoms with van der Waals surface area (Å²) >= 11 is 5.98. The zero-order chi connectivity index (χ0) is 29.2. The lowest BCUT2D eigenvalue weighted by molar-refractivity contribution is -0.154. The number of alkyl halides is 3. The molecule has 0 saturated heterocycles. The fraction of sp³-hybridized carbons (Fsp3) is 0.320. The number of nitrogens with two attached hydrogens (primary N) is 1. The highest BCUT2D eigenvalue weighted by Crippen LogP contribution is 2.48. The van der Waals surface area contributed by atoms with Crippen LogP contribution in [0.1, 0.15) is 28.8 Å². The number of nitrogens with one attached hydrogen (secondary N) is 3. The van der Waals surface area contributed by atoms with Gasteiger partial charge in [0.25, 0.3) is 12.4 Å². The van der Waals surface area contributed by atoms with Gasteiger partial charge in [-0.2, -0.15) is 28.1 Å². The molecule has 0 aliphatic heterocycles. The lowest BCUT2D eigenvalue weighted by Gasteiger charge is -2.19. The molecular weight excluding hydrogens is 555 g/mol. The molecule has 0 atom stereocenters. The van der Waals surface area contributed by atoms with Gasteiger partial charge < -0.3 is 31.2 Å². The van der Waals surface area contributed by atoms with Crippen molar-refractivity contribution in [1.82, 2.24) is 20.3 Å². The maximum Gasteiger partial charge on any atom is 0.422 e. The molecule has 214 valence electrons. The summed E-state index contributed by atoms with van der Waals surface area (Å²) in [7, 11) is 1.31. The molecule has 0 spiro atoms. The molecule has 1 aliphatic carbocycles. The van der Waals surface area contributed by atoms with Gasteiger partial charge in [-0.05, 0) is 54.8 Å². The average Bonchev–Trinajstić information content (AvgIpc) is 3.71. The van der Waals surface area contributed by atoms with Crippen molar-refractivity contribution in [3.63, 3.8) is 0 Å². The second kappa shape index (κ2) is 13.8. The minimum absolute atomic E-state index is 0.0306. The Labute approximate surface area is 232 Å². The topological polar surface area (TPSA) is 153 Å². The van der Waals surface area contributed by atoms with E-state index >= 15 is 0 Å². The number of rotatable bonds is 11. The lowest BCUT2D eigenvalue weighted by atomic mass is 10.1. The first-order valence-corrected chi connectivity index (χ1v) is 12.3. The maximum absolute atomic E-state index is 12.7. The number of carbonyl (C=O) groups excluding carboxylic acids is 2. The number of nitrogens with zero attached hydrogens (tertiary/aromatic N) is 3. The molecule has 1 aliphatic rings. The van der Waals surface area contributed by atoms with Crippen LogP contribution in [0.25, 0.3) is 0 Å². The standard InChI is InChI=1S/C23H23ClF3N7O2.C2H4O2/c24-16-5-3-15(4-6-16)22(9-10-22)34-20-31-19(32-21(33-20)36-13-23(25,26)27)30-17-7-1-14(2-8-17)18(35)29-12-11-28;1-4-2-3/h1-8H,9-13,28H2,(H,29,35)(H2,30,31,32,33,34);2H,1H3. The Morgan fingerprint density at radius 2 is 1.70 bits per heavy atom. The summed E-state index contributed by atoms with van der Waals surface area (Å²) in [6.07, 6.45) is -3.01. The van der Waals surface area contributed by atoms with Crippen LogP contribution >= 0.6 is 11.6 Å². The predicted octanol–water partition coefficient (Wildman–Crippen LogP) is 3.79. The molecule has 1 aromatic heterocycles. The van der Waals surface area contributed by atoms with E-state index in [9.17, 15) is 18.0 Å². The van der Waals surface area contributed by atoms with Crippen molar-refractivity contribution in [1.29, 1.82) is 0 Å². The van der Waals surface area contributed by atoms with E-state index in [4.69, 9.17) is 26.9 Å². The molecule has 1 saturated carbocycles. The van der Waals surface area contributed by atoms with E-state index in [1.54, 1.807) is 36.4 Å². The summed E-state index contributed by atoms with van der Waals surface area (Å²) in [6.45, 7) is -0.512. The number of hydrogen-bond acceptors (Lipinski definition) is 10. The molecule has 0 bridgehead atoms. The molecule has 2 aromatic carbocycles. The van der Waals surface area contributed by atoms with Gasteiger partial charge in [0, 0.05) is 29.4 Å². The van der Waals surface area contributed by atoms with Gasteiger partial charge in [-0.3, -0.25) is 9.59 Å². The highest BCUT2D eigenvalue weighted by Gasteiger charge is 2.45.